The molecule has 0 saturated carbocycles. The zero-order valence-corrected chi connectivity index (χ0v) is 16.2. The van der Waals surface area contributed by atoms with Crippen LogP contribution in [0.3, 0.4) is 0 Å². The average Bonchev–Trinajstić information content (AvgIpc) is 2.69. The maximum absolute atomic E-state index is 13.3. The topological polar surface area (TPSA) is 63.7 Å². The van der Waals surface area contributed by atoms with E-state index in [4.69, 9.17) is 16.3 Å². The van der Waals surface area contributed by atoms with E-state index < -0.39 is 16.0 Å². The lowest BCUT2D eigenvalue weighted by atomic mass is 10.1. The summed E-state index contributed by atoms with van der Waals surface area (Å²) in [5.74, 6) is -0.530. The summed E-state index contributed by atoms with van der Waals surface area (Å²) in [7, 11) is -3.90. The quantitative estimate of drug-likeness (QED) is 0.711. The van der Waals surface area contributed by atoms with Gasteiger partial charge in [0.05, 0.1) is 29.3 Å². The number of carbonyl (C=O) groups is 1. The molecule has 7 heteroatoms. The fourth-order valence-electron chi connectivity index (χ4n) is 2.71. The van der Waals surface area contributed by atoms with Gasteiger partial charge >= 0.3 is 5.97 Å². The maximum Gasteiger partial charge on any atom is 0.335 e. The Kier molecular flexibility index (Phi) is 5.68. The molecule has 2 aromatic carbocycles. The Morgan fingerprint density at radius 3 is 2.37 bits per heavy atom. The van der Waals surface area contributed by atoms with Gasteiger partial charge in [-0.25, -0.2) is 13.2 Å². The Hall–Kier alpha value is -2.57. The van der Waals surface area contributed by atoms with E-state index in [1.54, 1.807) is 19.1 Å². The third-order valence-electron chi connectivity index (χ3n) is 4.03. The van der Waals surface area contributed by atoms with Gasteiger partial charge in [0, 0.05) is 5.02 Å². The third kappa shape index (κ3) is 4.07. The van der Waals surface area contributed by atoms with Crippen LogP contribution in [0.25, 0.3) is 5.70 Å². The van der Waals surface area contributed by atoms with E-state index in [0.717, 1.165) is 5.56 Å². The smallest absolute Gasteiger partial charge is 0.335 e. The number of nitrogens with zero attached hydrogens (tertiary/aromatic N) is 1. The van der Waals surface area contributed by atoms with Crippen LogP contribution < -0.4 is 0 Å². The van der Waals surface area contributed by atoms with Gasteiger partial charge in [0.25, 0.3) is 10.0 Å². The largest absolute Gasteiger partial charge is 0.463 e. The Bertz CT molecular complexity index is 996. The monoisotopic (exact) mass is 403 g/mol. The zero-order valence-electron chi connectivity index (χ0n) is 14.6. The van der Waals surface area contributed by atoms with Gasteiger partial charge in [-0.05, 0) is 48.9 Å². The van der Waals surface area contributed by atoms with E-state index in [2.05, 4.69) is 0 Å². The molecule has 0 aromatic heterocycles. The second-order valence-corrected chi connectivity index (χ2v) is 8.09. The van der Waals surface area contributed by atoms with Gasteiger partial charge in [-0.3, -0.25) is 4.31 Å². The molecule has 0 radical (unpaired) electrons. The molecule has 0 bridgehead atoms. The van der Waals surface area contributed by atoms with Crippen LogP contribution in [0.15, 0.2) is 77.2 Å². The molecule has 1 heterocycles. The van der Waals surface area contributed by atoms with Gasteiger partial charge in [-0.1, -0.05) is 41.9 Å². The summed E-state index contributed by atoms with van der Waals surface area (Å²) in [6.07, 6.45) is 3.23. The highest BCUT2D eigenvalue weighted by Gasteiger charge is 2.31. The van der Waals surface area contributed by atoms with Gasteiger partial charge in [0.15, 0.2) is 0 Å². The molecule has 0 saturated heterocycles. The highest BCUT2D eigenvalue weighted by Crippen LogP contribution is 2.31. The SMILES string of the molecule is CCOC(=O)C1=CC=C(c2ccccc2)N(S(=O)(=O)c2ccc(Cl)cc2)C1. The normalized spacial score (nSPS) is 14.4. The van der Waals surface area contributed by atoms with Crippen LogP contribution in [-0.4, -0.2) is 31.8 Å². The van der Waals surface area contributed by atoms with Gasteiger partial charge in [0.1, 0.15) is 0 Å². The minimum absolute atomic E-state index is 0.0961. The van der Waals surface area contributed by atoms with Crippen LogP contribution in [0, 0.1) is 0 Å². The van der Waals surface area contributed by atoms with Gasteiger partial charge in [-0.15, -0.1) is 0 Å². The van der Waals surface area contributed by atoms with Crippen molar-refractivity contribution in [2.75, 3.05) is 13.2 Å². The van der Waals surface area contributed by atoms with Crippen molar-refractivity contribution in [1.29, 1.82) is 0 Å². The van der Waals surface area contributed by atoms with E-state index in [0.29, 0.717) is 10.7 Å². The Morgan fingerprint density at radius 2 is 1.74 bits per heavy atom. The highest BCUT2D eigenvalue weighted by molar-refractivity contribution is 7.89. The number of allylic oxidation sites excluding steroid dienone is 2. The standard InChI is InChI=1S/C20H18ClNO4S/c1-2-26-20(23)16-8-13-19(15-6-4-3-5-7-15)22(14-16)27(24,25)18-11-9-17(21)10-12-18/h3-13H,2,14H2,1H3. The lowest BCUT2D eigenvalue weighted by molar-refractivity contribution is -0.138. The molecule has 0 unspecified atom stereocenters. The number of rotatable bonds is 5. The van der Waals surface area contributed by atoms with Crippen molar-refractivity contribution in [2.24, 2.45) is 0 Å². The Labute approximate surface area is 163 Å². The van der Waals surface area contributed by atoms with Crippen molar-refractivity contribution in [3.63, 3.8) is 0 Å². The first kappa shape index (κ1) is 19.2. The van der Waals surface area contributed by atoms with Crippen molar-refractivity contribution in [3.8, 4) is 0 Å². The Morgan fingerprint density at radius 1 is 1.07 bits per heavy atom. The summed E-state index contributed by atoms with van der Waals surface area (Å²) >= 11 is 5.88. The molecule has 0 fully saturated rings. The second kappa shape index (κ2) is 7.98. The van der Waals surface area contributed by atoms with E-state index in [1.807, 2.05) is 30.3 Å². The van der Waals surface area contributed by atoms with Crippen molar-refractivity contribution in [3.05, 3.63) is 82.9 Å². The third-order valence-corrected chi connectivity index (χ3v) is 6.06. The maximum atomic E-state index is 13.3. The minimum Gasteiger partial charge on any atom is -0.463 e. The summed E-state index contributed by atoms with van der Waals surface area (Å²) in [4.78, 5) is 12.2. The predicted octanol–water partition coefficient (Wildman–Crippen LogP) is 3.87. The number of hydrogen-bond acceptors (Lipinski definition) is 4. The van der Waals surface area contributed by atoms with E-state index in [1.165, 1.54) is 28.6 Å². The van der Waals surface area contributed by atoms with Gasteiger partial charge in [0.2, 0.25) is 0 Å². The fraction of sp³-hybridized carbons (Fsp3) is 0.150. The first-order chi connectivity index (χ1) is 12.9. The number of carbonyl (C=O) groups excluding carboxylic acids is 1. The average molecular weight is 404 g/mol. The van der Waals surface area contributed by atoms with Crippen molar-refractivity contribution >= 4 is 33.3 Å². The summed E-state index contributed by atoms with van der Waals surface area (Å²) in [5, 5.41) is 0.443. The lowest BCUT2D eigenvalue weighted by Gasteiger charge is -2.30. The number of benzene rings is 2. The molecular formula is C20H18ClNO4S. The number of ether oxygens (including phenoxy) is 1. The molecular weight excluding hydrogens is 386 g/mol. The molecule has 0 N–H and O–H groups in total. The lowest BCUT2D eigenvalue weighted by Crippen LogP contribution is -2.35. The minimum atomic E-state index is -3.90. The summed E-state index contributed by atoms with van der Waals surface area (Å²) in [6, 6.07) is 15.1. The van der Waals surface area contributed by atoms with Crippen LogP contribution in [0.4, 0.5) is 0 Å². The van der Waals surface area contributed by atoms with E-state index >= 15 is 0 Å². The summed E-state index contributed by atoms with van der Waals surface area (Å²) in [5.41, 5.74) is 1.49. The number of halogens is 1. The molecule has 27 heavy (non-hydrogen) atoms. The summed E-state index contributed by atoms with van der Waals surface area (Å²) in [6.45, 7) is 1.81. The number of hydrogen-bond donors (Lipinski definition) is 0. The fourth-order valence-corrected chi connectivity index (χ4v) is 4.30. The molecule has 0 amide bonds. The second-order valence-electron chi connectivity index (χ2n) is 5.80. The highest BCUT2D eigenvalue weighted by atomic mass is 35.5. The van der Waals surface area contributed by atoms with Crippen LogP contribution in [0.1, 0.15) is 12.5 Å². The Balaban J connectivity index is 2.07. The molecule has 2 aromatic rings. The summed E-state index contributed by atoms with van der Waals surface area (Å²) < 4.78 is 32.8. The molecule has 140 valence electrons. The van der Waals surface area contributed by atoms with Crippen molar-refractivity contribution in [2.45, 2.75) is 11.8 Å². The van der Waals surface area contributed by atoms with Crippen LogP contribution in [0.5, 0.6) is 0 Å². The van der Waals surface area contributed by atoms with Gasteiger partial charge in [-0.2, -0.15) is 0 Å². The molecule has 3 rings (SSSR count). The molecule has 0 atom stereocenters. The zero-order chi connectivity index (χ0) is 19.4. The van der Waals surface area contributed by atoms with E-state index in [9.17, 15) is 13.2 Å². The van der Waals surface area contributed by atoms with Crippen LogP contribution >= 0.6 is 11.6 Å². The molecule has 1 aliphatic rings. The molecule has 0 spiro atoms. The van der Waals surface area contributed by atoms with Crippen LogP contribution in [-0.2, 0) is 19.6 Å². The molecule has 1 aliphatic heterocycles. The van der Waals surface area contributed by atoms with Crippen molar-refractivity contribution in [1.82, 2.24) is 4.31 Å². The first-order valence-electron chi connectivity index (χ1n) is 8.35. The van der Waals surface area contributed by atoms with Crippen LogP contribution in [0.2, 0.25) is 5.02 Å². The molecule has 5 nitrogen and oxygen atoms in total. The molecule has 0 aliphatic carbocycles. The number of esters is 1. The number of sulfonamides is 1. The predicted molar refractivity (Wildman–Crippen MR) is 104 cm³/mol. The van der Waals surface area contributed by atoms with Gasteiger partial charge < -0.3 is 4.74 Å². The van der Waals surface area contributed by atoms with Crippen molar-refractivity contribution < 1.29 is 17.9 Å². The first-order valence-corrected chi connectivity index (χ1v) is 10.2. The van der Waals surface area contributed by atoms with E-state index in [-0.39, 0.29) is 23.6 Å².